The van der Waals surface area contributed by atoms with Crippen molar-refractivity contribution in [2.45, 2.75) is 36.6 Å². The van der Waals surface area contributed by atoms with E-state index in [4.69, 9.17) is 11.6 Å². The van der Waals surface area contributed by atoms with Gasteiger partial charge in [-0.15, -0.1) is 0 Å². The summed E-state index contributed by atoms with van der Waals surface area (Å²) in [5, 5.41) is 1.37. The first-order chi connectivity index (χ1) is 9.05. The highest BCUT2D eigenvalue weighted by Crippen LogP contribution is 2.28. The fourth-order valence-electron chi connectivity index (χ4n) is 2.45. The number of hydrogen-bond donors (Lipinski definition) is 0. The minimum Gasteiger partial charge on any atom is -0.207 e. The summed E-state index contributed by atoms with van der Waals surface area (Å²) in [7, 11) is -3.40. The van der Waals surface area contributed by atoms with Gasteiger partial charge in [0.2, 0.25) is 10.0 Å². The Kier molecular flexibility index (Phi) is 5.29. The van der Waals surface area contributed by atoms with Gasteiger partial charge in [0.25, 0.3) is 0 Å². The molecule has 0 saturated carbocycles. The van der Waals surface area contributed by atoms with Crippen molar-refractivity contribution >= 4 is 37.6 Å². The minimum absolute atomic E-state index is 0.105. The van der Waals surface area contributed by atoms with Gasteiger partial charge in [-0.1, -0.05) is 34.0 Å². The minimum atomic E-state index is -3.40. The summed E-state index contributed by atoms with van der Waals surface area (Å²) in [6, 6.07) is 6.51. The summed E-state index contributed by atoms with van der Waals surface area (Å²) in [6.07, 6.45) is 3.83. The van der Waals surface area contributed by atoms with Crippen molar-refractivity contribution in [1.82, 2.24) is 4.31 Å². The van der Waals surface area contributed by atoms with Crippen molar-refractivity contribution in [2.24, 2.45) is 0 Å². The van der Waals surface area contributed by atoms with Crippen LogP contribution in [0.1, 0.15) is 25.7 Å². The molecule has 1 fully saturated rings. The summed E-state index contributed by atoms with van der Waals surface area (Å²) in [5.74, 6) is 0. The van der Waals surface area contributed by atoms with Crippen molar-refractivity contribution in [1.29, 1.82) is 0 Å². The quantitative estimate of drug-likeness (QED) is 0.763. The van der Waals surface area contributed by atoms with Crippen LogP contribution in [-0.4, -0.2) is 30.6 Å². The fourth-order valence-corrected chi connectivity index (χ4v) is 4.82. The number of halogens is 2. The predicted molar refractivity (Wildman–Crippen MR) is 81.4 cm³/mol. The van der Waals surface area contributed by atoms with Crippen LogP contribution in [-0.2, 0) is 10.0 Å². The topological polar surface area (TPSA) is 37.4 Å². The van der Waals surface area contributed by atoms with E-state index in [0.29, 0.717) is 16.5 Å². The molecule has 0 radical (unpaired) electrons. The van der Waals surface area contributed by atoms with E-state index in [1.807, 2.05) is 0 Å². The zero-order chi connectivity index (χ0) is 13.9. The highest BCUT2D eigenvalue weighted by molar-refractivity contribution is 9.09. The number of hydrogen-bond acceptors (Lipinski definition) is 2. The van der Waals surface area contributed by atoms with Gasteiger partial charge >= 0.3 is 0 Å². The molecular formula is C13H17BrClNO2S. The molecule has 6 heteroatoms. The lowest BCUT2D eigenvalue weighted by atomic mass is 10.0. The number of benzene rings is 1. The number of rotatable bonds is 4. The van der Waals surface area contributed by atoms with Gasteiger partial charge in [0.05, 0.1) is 4.90 Å². The summed E-state index contributed by atoms with van der Waals surface area (Å²) in [6.45, 7) is 0.614. The lowest BCUT2D eigenvalue weighted by molar-refractivity contribution is 0.248. The average Bonchev–Trinajstić information content (AvgIpc) is 2.40. The molecule has 0 amide bonds. The highest BCUT2D eigenvalue weighted by Gasteiger charge is 2.32. The normalized spacial score (nSPS) is 21.5. The van der Waals surface area contributed by atoms with E-state index < -0.39 is 10.0 Å². The van der Waals surface area contributed by atoms with E-state index in [9.17, 15) is 8.42 Å². The van der Waals surface area contributed by atoms with Crippen molar-refractivity contribution in [2.75, 3.05) is 11.9 Å². The Hall–Kier alpha value is -0.100. The molecule has 1 aromatic rings. The van der Waals surface area contributed by atoms with Gasteiger partial charge < -0.3 is 0 Å². The van der Waals surface area contributed by atoms with Gasteiger partial charge in [-0.05, 0) is 43.5 Å². The predicted octanol–water partition coefficient (Wildman–Crippen LogP) is 3.67. The Morgan fingerprint density at radius 1 is 1.26 bits per heavy atom. The van der Waals surface area contributed by atoms with E-state index in [0.717, 1.165) is 31.0 Å². The van der Waals surface area contributed by atoms with Crippen LogP contribution in [0.3, 0.4) is 0 Å². The van der Waals surface area contributed by atoms with E-state index in [2.05, 4.69) is 15.9 Å². The second-order valence-corrected chi connectivity index (χ2v) is 7.82. The van der Waals surface area contributed by atoms with Crippen LogP contribution in [0.15, 0.2) is 29.2 Å². The molecule has 106 valence electrons. The summed E-state index contributed by atoms with van der Waals surface area (Å²) >= 11 is 9.22. The van der Waals surface area contributed by atoms with Crippen LogP contribution < -0.4 is 0 Å². The molecule has 0 spiro atoms. The van der Waals surface area contributed by atoms with Gasteiger partial charge in [-0.3, -0.25) is 0 Å². The molecule has 1 heterocycles. The van der Waals surface area contributed by atoms with E-state index in [1.54, 1.807) is 28.6 Å². The molecule has 0 aromatic heterocycles. The Morgan fingerprint density at radius 2 is 1.95 bits per heavy atom. The first kappa shape index (κ1) is 15.3. The summed E-state index contributed by atoms with van der Waals surface area (Å²) in [5.41, 5.74) is 0. The molecule has 0 N–H and O–H groups in total. The molecule has 0 aliphatic carbocycles. The summed E-state index contributed by atoms with van der Waals surface area (Å²) in [4.78, 5) is 0.332. The van der Waals surface area contributed by atoms with E-state index >= 15 is 0 Å². The van der Waals surface area contributed by atoms with Crippen LogP contribution >= 0.6 is 27.5 Å². The average molecular weight is 367 g/mol. The van der Waals surface area contributed by atoms with Gasteiger partial charge in [0.1, 0.15) is 0 Å². The molecule has 1 atom stereocenters. The molecule has 19 heavy (non-hydrogen) atoms. The molecule has 2 rings (SSSR count). The van der Waals surface area contributed by atoms with E-state index in [1.165, 1.54) is 0 Å². The third-order valence-corrected chi connectivity index (χ3v) is 6.11. The first-order valence-corrected chi connectivity index (χ1v) is 9.33. The van der Waals surface area contributed by atoms with Crippen LogP contribution in [0, 0.1) is 0 Å². The van der Waals surface area contributed by atoms with Crippen molar-refractivity contribution < 1.29 is 8.42 Å². The van der Waals surface area contributed by atoms with Crippen LogP contribution in [0.25, 0.3) is 0 Å². The van der Waals surface area contributed by atoms with Gasteiger partial charge in [0, 0.05) is 22.9 Å². The Labute approximate surface area is 128 Å². The monoisotopic (exact) mass is 365 g/mol. The third-order valence-electron chi connectivity index (χ3n) is 3.44. The Balaban J connectivity index is 2.28. The van der Waals surface area contributed by atoms with Gasteiger partial charge in [-0.25, -0.2) is 8.42 Å². The number of sulfonamides is 1. The molecular weight excluding hydrogens is 350 g/mol. The second kappa shape index (κ2) is 6.57. The lowest BCUT2D eigenvalue weighted by Gasteiger charge is -2.34. The fraction of sp³-hybridized carbons (Fsp3) is 0.538. The van der Waals surface area contributed by atoms with Crippen molar-refractivity contribution in [3.8, 4) is 0 Å². The summed E-state index contributed by atoms with van der Waals surface area (Å²) < 4.78 is 27.0. The highest BCUT2D eigenvalue weighted by atomic mass is 79.9. The van der Waals surface area contributed by atoms with E-state index in [-0.39, 0.29) is 6.04 Å². The largest absolute Gasteiger partial charge is 0.243 e. The smallest absolute Gasteiger partial charge is 0.207 e. The Bertz CT molecular complexity index is 516. The maximum atomic E-state index is 12.7. The van der Waals surface area contributed by atoms with Gasteiger partial charge in [0.15, 0.2) is 0 Å². The van der Waals surface area contributed by atoms with Crippen molar-refractivity contribution in [3.05, 3.63) is 29.3 Å². The zero-order valence-electron chi connectivity index (χ0n) is 10.6. The molecule has 0 bridgehead atoms. The third kappa shape index (κ3) is 3.51. The molecule has 1 saturated heterocycles. The number of piperidine rings is 1. The number of alkyl halides is 1. The van der Waals surface area contributed by atoms with Crippen molar-refractivity contribution in [3.63, 3.8) is 0 Å². The zero-order valence-corrected chi connectivity index (χ0v) is 13.7. The number of nitrogens with zero attached hydrogens (tertiary/aromatic N) is 1. The molecule has 1 unspecified atom stereocenters. The van der Waals surface area contributed by atoms with Gasteiger partial charge in [-0.2, -0.15) is 4.31 Å². The van der Waals surface area contributed by atoms with Crippen LogP contribution in [0.2, 0.25) is 5.02 Å². The molecule has 1 aliphatic heterocycles. The maximum absolute atomic E-state index is 12.7. The second-order valence-electron chi connectivity index (χ2n) is 4.70. The van der Waals surface area contributed by atoms with Crippen LogP contribution in [0.5, 0.6) is 0 Å². The van der Waals surface area contributed by atoms with Crippen LogP contribution in [0.4, 0.5) is 0 Å². The lowest BCUT2D eigenvalue weighted by Crippen LogP contribution is -2.43. The maximum Gasteiger partial charge on any atom is 0.243 e. The molecule has 3 nitrogen and oxygen atoms in total. The SMILES string of the molecule is O=S(=O)(c1ccc(Cl)cc1)N1CCCCC1CCBr. The standard InChI is InChI=1S/C13H17BrClNO2S/c14-9-8-12-3-1-2-10-16(12)19(17,18)13-6-4-11(15)5-7-13/h4-7,12H,1-3,8-10H2. The Morgan fingerprint density at radius 3 is 2.58 bits per heavy atom. The molecule has 1 aliphatic rings. The first-order valence-electron chi connectivity index (χ1n) is 6.39. The molecule has 1 aromatic carbocycles.